The second-order valence-electron chi connectivity index (χ2n) is 8.10. The number of amides is 2. The lowest BCUT2D eigenvalue weighted by atomic mass is 10.1. The fourth-order valence-electron chi connectivity index (χ4n) is 4.89. The summed E-state index contributed by atoms with van der Waals surface area (Å²) in [4.78, 5) is 31.7. The van der Waals surface area contributed by atoms with Crippen molar-refractivity contribution in [2.45, 2.75) is 45.1 Å². The van der Waals surface area contributed by atoms with Gasteiger partial charge in [-0.3, -0.25) is 9.59 Å². The molecule has 6 nitrogen and oxygen atoms in total. The Hall–Kier alpha value is -2.24. The van der Waals surface area contributed by atoms with Gasteiger partial charge >= 0.3 is 0 Å². The molecule has 1 unspecified atom stereocenters. The Morgan fingerprint density at radius 3 is 2.54 bits per heavy atom. The molecule has 1 aliphatic carbocycles. The van der Waals surface area contributed by atoms with Crippen LogP contribution in [0.25, 0.3) is 0 Å². The van der Waals surface area contributed by atoms with Gasteiger partial charge in [-0.15, -0.1) is 0 Å². The van der Waals surface area contributed by atoms with Crippen molar-refractivity contribution in [1.82, 2.24) is 9.80 Å². The number of hydrogen-bond acceptors (Lipinski definition) is 4. The van der Waals surface area contributed by atoms with Crippen LogP contribution in [0, 0.1) is 5.92 Å². The average Bonchev–Trinajstić information content (AvgIpc) is 3.38. The third-order valence-electron chi connectivity index (χ3n) is 6.37. The highest BCUT2D eigenvalue weighted by Crippen LogP contribution is 2.31. The lowest BCUT2D eigenvalue weighted by Crippen LogP contribution is -2.51. The lowest BCUT2D eigenvalue weighted by molar-refractivity contribution is -0.136. The van der Waals surface area contributed by atoms with Gasteiger partial charge in [0.2, 0.25) is 11.8 Å². The largest absolute Gasteiger partial charge is 0.492 e. The summed E-state index contributed by atoms with van der Waals surface area (Å²) >= 11 is 0. The van der Waals surface area contributed by atoms with E-state index in [1.165, 1.54) is 12.8 Å². The summed E-state index contributed by atoms with van der Waals surface area (Å²) in [6.45, 7) is 6.25. The van der Waals surface area contributed by atoms with Crippen molar-refractivity contribution in [3.05, 3.63) is 24.3 Å². The van der Waals surface area contributed by atoms with Crippen molar-refractivity contribution < 1.29 is 14.3 Å². The molecule has 2 heterocycles. The molecule has 0 N–H and O–H groups in total. The van der Waals surface area contributed by atoms with Crippen molar-refractivity contribution in [2.24, 2.45) is 5.92 Å². The van der Waals surface area contributed by atoms with Crippen LogP contribution in [0.5, 0.6) is 5.75 Å². The highest BCUT2D eigenvalue weighted by molar-refractivity contribution is 5.89. The third-order valence-corrected chi connectivity index (χ3v) is 6.37. The Morgan fingerprint density at radius 1 is 1.11 bits per heavy atom. The van der Waals surface area contributed by atoms with Crippen LogP contribution in [0.1, 0.15) is 39.0 Å². The molecule has 3 fully saturated rings. The van der Waals surface area contributed by atoms with E-state index < -0.39 is 0 Å². The van der Waals surface area contributed by atoms with Gasteiger partial charge in [0.15, 0.2) is 0 Å². The Morgan fingerprint density at radius 2 is 1.82 bits per heavy atom. The molecule has 2 aliphatic heterocycles. The maximum Gasteiger partial charge on any atom is 0.228 e. The Balaban J connectivity index is 1.34. The monoisotopic (exact) mass is 385 g/mol. The standard InChI is InChI=1S/C22H31N3O3/c1-2-28-20-10-6-5-9-19(20)23-11-13-24(14-12-23)22(27)17-15-21(26)25(16-17)18-7-3-4-8-18/h5-6,9-10,17-18H,2-4,7-8,11-16H2,1H3. The number of piperazine rings is 1. The summed E-state index contributed by atoms with van der Waals surface area (Å²) in [5.41, 5.74) is 1.10. The molecule has 0 spiro atoms. The van der Waals surface area contributed by atoms with Crippen LogP contribution >= 0.6 is 0 Å². The van der Waals surface area contributed by atoms with Crippen LogP contribution in [0.15, 0.2) is 24.3 Å². The molecule has 1 atom stereocenters. The minimum absolute atomic E-state index is 0.157. The van der Waals surface area contributed by atoms with E-state index in [0.29, 0.717) is 38.7 Å². The maximum absolute atomic E-state index is 13.0. The van der Waals surface area contributed by atoms with Crippen molar-refractivity contribution in [3.8, 4) is 5.75 Å². The molecule has 4 rings (SSSR count). The Kier molecular flexibility index (Phi) is 5.74. The summed E-state index contributed by atoms with van der Waals surface area (Å²) in [5, 5.41) is 0. The second-order valence-corrected chi connectivity index (χ2v) is 8.10. The molecule has 3 aliphatic rings. The van der Waals surface area contributed by atoms with E-state index in [1.54, 1.807) is 0 Å². The highest BCUT2D eigenvalue weighted by atomic mass is 16.5. The number of nitrogens with zero attached hydrogens (tertiary/aromatic N) is 3. The van der Waals surface area contributed by atoms with E-state index in [0.717, 1.165) is 37.4 Å². The van der Waals surface area contributed by atoms with Gasteiger partial charge in [0, 0.05) is 45.2 Å². The summed E-state index contributed by atoms with van der Waals surface area (Å²) in [6, 6.07) is 8.46. The number of likely N-dealkylation sites (tertiary alicyclic amines) is 1. The molecule has 0 bridgehead atoms. The normalized spacial score (nSPS) is 23.5. The number of hydrogen-bond donors (Lipinski definition) is 0. The smallest absolute Gasteiger partial charge is 0.228 e. The van der Waals surface area contributed by atoms with E-state index in [9.17, 15) is 9.59 Å². The van der Waals surface area contributed by atoms with Gasteiger partial charge in [-0.2, -0.15) is 0 Å². The summed E-state index contributed by atoms with van der Waals surface area (Å²) < 4.78 is 5.75. The van der Waals surface area contributed by atoms with Crippen LogP contribution in [-0.4, -0.2) is 67.0 Å². The van der Waals surface area contributed by atoms with Crippen molar-refractivity contribution in [1.29, 1.82) is 0 Å². The van der Waals surface area contributed by atoms with Gasteiger partial charge in [-0.25, -0.2) is 0 Å². The molecule has 2 saturated heterocycles. The first-order chi connectivity index (χ1) is 13.7. The molecule has 1 saturated carbocycles. The molecule has 0 radical (unpaired) electrons. The Bertz CT molecular complexity index is 709. The first kappa shape index (κ1) is 19.1. The summed E-state index contributed by atoms with van der Waals surface area (Å²) in [5.74, 6) is 1.08. The van der Waals surface area contributed by atoms with E-state index >= 15 is 0 Å². The quantitative estimate of drug-likeness (QED) is 0.782. The zero-order chi connectivity index (χ0) is 19.5. The van der Waals surface area contributed by atoms with Gasteiger partial charge in [0.05, 0.1) is 18.2 Å². The van der Waals surface area contributed by atoms with Crippen molar-refractivity contribution >= 4 is 17.5 Å². The predicted molar refractivity (Wildman–Crippen MR) is 108 cm³/mol. The summed E-state index contributed by atoms with van der Waals surface area (Å²) in [7, 11) is 0. The topological polar surface area (TPSA) is 53.1 Å². The minimum atomic E-state index is -0.157. The van der Waals surface area contributed by atoms with Gasteiger partial charge in [-0.05, 0) is 31.9 Å². The van der Waals surface area contributed by atoms with Crippen LogP contribution in [-0.2, 0) is 9.59 Å². The Labute approximate surface area is 167 Å². The number of anilines is 1. The molecule has 1 aromatic carbocycles. The van der Waals surface area contributed by atoms with Crippen LogP contribution in [0.4, 0.5) is 5.69 Å². The maximum atomic E-state index is 13.0. The number of para-hydroxylation sites is 2. The molecule has 1 aromatic rings. The van der Waals surface area contributed by atoms with Gasteiger partial charge in [0.1, 0.15) is 5.75 Å². The van der Waals surface area contributed by atoms with E-state index in [-0.39, 0.29) is 17.7 Å². The number of carbonyl (C=O) groups is 2. The molecule has 2 amide bonds. The summed E-state index contributed by atoms with van der Waals surface area (Å²) in [6.07, 6.45) is 5.01. The molecule has 28 heavy (non-hydrogen) atoms. The van der Waals surface area contributed by atoms with Gasteiger partial charge in [-0.1, -0.05) is 25.0 Å². The van der Waals surface area contributed by atoms with E-state index in [4.69, 9.17) is 4.74 Å². The number of carbonyl (C=O) groups excluding carboxylic acids is 2. The average molecular weight is 386 g/mol. The van der Waals surface area contributed by atoms with E-state index in [2.05, 4.69) is 11.0 Å². The lowest BCUT2D eigenvalue weighted by Gasteiger charge is -2.37. The number of ether oxygens (including phenoxy) is 1. The van der Waals surface area contributed by atoms with Crippen LogP contribution in [0.3, 0.4) is 0 Å². The van der Waals surface area contributed by atoms with Crippen molar-refractivity contribution in [3.63, 3.8) is 0 Å². The highest BCUT2D eigenvalue weighted by Gasteiger charge is 2.40. The zero-order valence-electron chi connectivity index (χ0n) is 16.8. The fraction of sp³-hybridized carbons (Fsp3) is 0.636. The molecular weight excluding hydrogens is 354 g/mol. The van der Waals surface area contributed by atoms with Crippen LogP contribution in [0.2, 0.25) is 0 Å². The predicted octanol–water partition coefficient (Wildman–Crippen LogP) is 2.53. The third kappa shape index (κ3) is 3.82. The van der Waals surface area contributed by atoms with Gasteiger partial charge in [0.25, 0.3) is 0 Å². The van der Waals surface area contributed by atoms with Gasteiger partial charge < -0.3 is 19.4 Å². The van der Waals surface area contributed by atoms with Crippen LogP contribution < -0.4 is 9.64 Å². The minimum Gasteiger partial charge on any atom is -0.492 e. The zero-order valence-corrected chi connectivity index (χ0v) is 16.8. The molecule has 0 aromatic heterocycles. The SMILES string of the molecule is CCOc1ccccc1N1CCN(C(=O)C2CC(=O)N(C3CCCC3)C2)CC1. The number of rotatable bonds is 5. The van der Waals surface area contributed by atoms with Crippen molar-refractivity contribution in [2.75, 3.05) is 44.2 Å². The first-order valence-corrected chi connectivity index (χ1v) is 10.7. The van der Waals surface area contributed by atoms with E-state index in [1.807, 2.05) is 34.9 Å². The molecular formula is C22H31N3O3. The molecule has 152 valence electrons. The second kappa shape index (κ2) is 8.41. The number of benzene rings is 1. The fourth-order valence-corrected chi connectivity index (χ4v) is 4.89. The first-order valence-electron chi connectivity index (χ1n) is 10.7. The molecule has 6 heteroatoms.